The summed E-state index contributed by atoms with van der Waals surface area (Å²) in [5, 5.41) is 0. The Hall–Kier alpha value is -2.63. The zero-order valence-electron chi connectivity index (χ0n) is 15.6. The summed E-state index contributed by atoms with van der Waals surface area (Å²) in [5.74, 6) is 0. The predicted octanol–water partition coefficient (Wildman–Crippen LogP) is 6.84. The van der Waals surface area contributed by atoms with Crippen molar-refractivity contribution >= 4 is 28.3 Å². The molecule has 0 saturated carbocycles. The van der Waals surface area contributed by atoms with Crippen LogP contribution in [0.3, 0.4) is 0 Å². The molecule has 0 atom stereocenters. The van der Waals surface area contributed by atoms with Crippen LogP contribution in [0.1, 0.15) is 0 Å². The van der Waals surface area contributed by atoms with Gasteiger partial charge in [0.1, 0.15) is 0 Å². The van der Waals surface area contributed by atoms with Gasteiger partial charge >= 0.3 is 0 Å². The van der Waals surface area contributed by atoms with Crippen molar-refractivity contribution in [1.29, 1.82) is 0 Å². The van der Waals surface area contributed by atoms with Crippen LogP contribution >= 0.6 is 22.6 Å². The van der Waals surface area contributed by atoms with E-state index in [-0.39, 0.29) is 0 Å². The molecule has 0 amide bonds. The molecular weight excluding hydrogens is 455 g/mol. The maximum Gasteiger partial charge on any atom is 0.0493 e. The third-order valence-electron chi connectivity index (χ3n) is 4.68. The fourth-order valence-electron chi connectivity index (χ4n) is 3.35. The van der Waals surface area contributed by atoms with Gasteiger partial charge in [0.25, 0.3) is 0 Å². The number of halogens is 1. The van der Waals surface area contributed by atoms with Crippen LogP contribution in [0.25, 0.3) is 33.4 Å². The lowest BCUT2D eigenvalue weighted by Gasteiger charge is -2.10. The molecule has 0 aromatic heterocycles. The molecular formula is C25H21IN2. The van der Waals surface area contributed by atoms with Gasteiger partial charge in [0.2, 0.25) is 0 Å². The maximum absolute atomic E-state index is 3.14. The van der Waals surface area contributed by atoms with E-state index in [1.165, 1.54) is 37.0 Å². The Labute approximate surface area is 179 Å². The molecule has 0 aliphatic heterocycles. The number of benzene rings is 4. The predicted molar refractivity (Wildman–Crippen MR) is 128 cm³/mol. The number of hydrogen-bond donors (Lipinski definition) is 2. The minimum absolute atomic E-state index is 1.05. The van der Waals surface area contributed by atoms with E-state index in [1.54, 1.807) is 0 Å². The zero-order valence-corrected chi connectivity index (χ0v) is 17.8. The smallest absolute Gasteiger partial charge is 0.0493 e. The Kier molecular flexibility index (Phi) is 5.74. The highest BCUT2D eigenvalue weighted by Gasteiger charge is 2.05. The van der Waals surface area contributed by atoms with E-state index in [1.807, 2.05) is 7.05 Å². The molecule has 28 heavy (non-hydrogen) atoms. The van der Waals surface area contributed by atoms with Crippen LogP contribution in [0, 0.1) is 3.57 Å². The second-order valence-corrected chi connectivity index (χ2v) is 7.87. The summed E-state index contributed by atoms with van der Waals surface area (Å²) in [6, 6.07) is 34.5. The summed E-state index contributed by atoms with van der Waals surface area (Å²) in [4.78, 5) is 0. The molecule has 0 bridgehead atoms. The zero-order chi connectivity index (χ0) is 19.3. The Morgan fingerprint density at radius 2 is 0.964 bits per heavy atom. The number of rotatable bonds is 5. The van der Waals surface area contributed by atoms with Gasteiger partial charge in [-0.05, 0) is 92.4 Å². The number of nitrogens with one attached hydrogen (secondary N) is 2. The molecule has 0 aliphatic carbocycles. The Morgan fingerprint density at radius 1 is 0.536 bits per heavy atom. The monoisotopic (exact) mass is 476 g/mol. The molecule has 4 rings (SSSR count). The highest BCUT2D eigenvalue weighted by atomic mass is 127. The summed E-state index contributed by atoms with van der Waals surface area (Å²) >= 11 is 2.36. The van der Waals surface area contributed by atoms with Gasteiger partial charge in [0, 0.05) is 16.3 Å². The maximum atomic E-state index is 3.14. The Balaban J connectivity index is 1.70. The lowest BCUT2D eigenvalue weighted by Crippen LogP contribution is -2.14. The van der Waals surface area contributed by atoms with Crippen molar-refractivity contribution in [3.05, 3.63) is 101 Å². The minimum atomic E-state index is 1.05. The molecule has 3 heteroatoms. The van der Waals surface area contributed by atoms with Crippen LogP contribution in [-0.2, 0) is 0 Å². The fraction of sp³-hybridized carbons (Fsp3) is 0.0400. The van der Waals surface area contributed by atoms with E-state index in [0.29, 0.717) is 0 Å². The van der Waals surface area contributed by atoms with Crippen LogP contribution < -0.4 is 10.9 Å². The first kappa shape index (κ1) is 18.7. The van der Waals surface area contributed by atoms with E-state index < -0.39 is 0 Å². The second-order valence-electron chi connectivity index (χ2n) is 6.63. The van der Waals surface area contributed by atoms with Crippen molar-refractivity contribution in [2.45, 2.75) is 0 Å². The lowest BCUT2D eigenvalue weighted by atomic mass is 9.96. The van der Waals surface area contributed by atoms with E-state index in [0.717, 1.165) is 5.69 Å². The number of hydrazine groups is 1. The normalized spacial score (nSPS) is 10.6. The topological polar surface area (TPSA) is 24.1 Å². The van der Waals surface area contributed by atoms with Crippen LogP contribution in [0.15, 0.2) is 97.1 Å². The third kappa shape index (κ3) is 4.26. The van der Waals surface area contributed by atoms with Crippen LogP contribution in [-0.4, -0.2) is 7.05 Å². The number of anilines is 1. The van der Waals surface area contributed by atoms with Gasteiger partial charge in [-0.2, -0.15) is 0 Å². The molecule has 2 N–H and O–H groups in total. The van der Waals surface area contributed by atoms with Crippen LogP contribution in [0.4, 0.5) is 5.69 Å². The molecule has 0 unspecified atom stereocenters. The quantitative estimate of drug-likeness (QED) is 0.244. The second kappa shape index (κ2) is 8.59. The Morgan fingerprint density at radius 3 is 1.46 bits per heavy atom. The molecule has 4 aromatic carbocycles. The molecule has 0 aliphatic rings. The molecule has 0 heterocycles. The van der Waals surface area contributed by atoms with Crippen molar-refractivity contribution < 1.29 is 0 Å². The van der Waals surface area contributed by atoms with Crippen LogP contribution in [0.5, 0.6) is 0 Å². The SMILES string of the molecule is CNNc1cccc(-c2cccc(-c3cccc(-c4cccc(I)c4)c3)c2)c1. The van der Waals surface area contributed by atoms with Crippen molar-refractivity contribution in [3.63, 3.8) is 0 Å². The molecule has 0 radical (unpaired) electrons. The van der Waals surface area contributed by atoms with Crippen molar-refractivity contribution in [2.24, 2.45) is 0 Å². The first-order chi connectivity index (χ1) is 13.7. The molecule has 0 spiro atoms. The van der Waals surface area contributed by atoms with Gasteiger partial charge < -0.3 is 5.43 Å². The minimum Gasteiger partial charge on any atom is -0.322 e. The molecule has 0 fully saturated rings. The van der Waals surface area contributed by atoms with Gasteiger partial charge in [-0.1, -0.05) is 60.7 Å². The molecule has 0 saturated heterocycles. The van der Waals surface area contributed by atoms with E-state index in [9.17, 15) is 0 Å². The third-order valence-corrected chi connectivity index (χ3v) is 5.35. The Bertz CT molecular complexity index is 1100. The summed E-state index contributed by atoms with van der Waals surface area (Å²) in [6.45, 7) is 0. The van der Waals surface area contributed by atoms with E-state index >= 15 is 0 Å². The van der Waals surface area contributed by atoms with Crippen molar-refractivity contribution in [2.75, 3.05) is 12.5 Å². The highest BCUT2D eigenvalue weighted by Crippen LogP contribution is 2.30. The highest BCUT2D eigenvalue weighted by molar-refractivity contribution is 14.1. The molecule has 4 aromatic rings. The van der Waals surface area contributed by atoms with Crippen molar-refractivity contribution in [3.8, 4) is 33.4 Å². The average Bonchev–Trinajstić information content (AvgIpc) is 2.74. The van der Waals surface area contributed by atoms with Gasteiger partial charge in [0.15, 0.2) is 0 Å². The summed E-state index contributed by atoms with van der Waals surface area (Å²) in [7, 11) is 1.87. The summed E-state index contributed by atoms with van der Waals surface area (Å²) < 4.78 is 1.25. The summed E-state index contributed by atoms with van der Waals surface area (Å²) in [5.41, 5.74) is 14.5. The van der Waals surface area contributed by atoms with Crippen molar-refractivity contribution in [1.82, 2.24) is 5.43 Å². The molecule has 138 valence electrons. The van der Waals surface area contributed by atoms with E-state index in [2.05, 4.69) is 131 Å². The largest absolute Gasteiger partial charge is 0.322 e. The summed E-state index contributed by atoms with van der Waals surface area (Å²) in [6.07, 6.45) is 0. The number of hydrogen-bond acceptors (Lipinski definition) is 2. The first-order valence-corrected chi connectivity index (χ1v) is 10.3. The van der Waals surface area contributed by atoms with Gasteiger partial charge in [-0.25, -0.2) is 5.43 Å². The van der Waals surface area contributed by atoms with Gasteiger partial charge in [-0.15, -0.1) is 0 Å². The van der Waals surface area contributed by atoms with E-state index in [4.69, 9.17) is 0 Å². The lowest BCUT2D eigenvalue weighted by molar-refractivity contribution is 0.984. The standard InChI is InChI=1S/C25H21IN2/c1-27-28-25-13-5-11-23(17-25)21-9-3-7-19(15-21)18-6-2-8-20(14-18)22-10-4-12-24(26)16-22/h2-17,27-28H,1H3. The first-order valence-electron chi connectivity index (χ1n) is 9.22. The van der Waals surface area contributed by atoms with Crippen LogP contribution in [0.2, 0.25) is 0 Å². The molecule has 2 nitrogen and oxygen atoms in total. The average molecular weight is 476 g/mol. The van der Waals surface area contributed by atoms with Gasteiger partial charge in [0.05, 0.1) is 0 Å². The van der Waals surface area contributed by atoms with Gasteiger partial charge in [-0.3, -0.25) is 0 Å². The fourth-order valence-corrected chi connectivity index (χ4v) is 3.89.